The minimum Gasteiger partial charge on any atom is -0.468 e. The lowest BCUT2D eigenvalue weighted by Gasteiger charge is -2.22. The van der Waals surface area contributed by atoms with Crippen LogP contribution in [0, 0.1) is 20.8 Å². The summed E-state index contributed by atoms with van der Waals surface area (Å²) in [6, 6.07) is 7.85. The van der Waals surface area contributed by atoms with Gasteiger partial charge in [0.15, 0.2) is 12.3 Å². The summed E-state index contributed by atoms with van der Waals surface area (Å²) in [6.07, 6.45) is 5.70. The topological polar surface area (TPSA) is 69.0 Å². The molecule has 0 atom stereocenters. The van der Waals surface area contributed by atoms with Crippen molar-refractivity contribution < 1.29 is 9.53 Å². The van der Waals surface area contributed by atoms with E-state index in [0.717, 1.165) is 40.7 Å². The van der Waals surface area contributed by atoms with E-state index in [1.54, 1.807) is 4.68 Å². The van der Waals surface area contributed by atoms with E-state index in [1.165, 1.54) is 19.3 Å². The Balaban J connectivity index is 1.59. The standard InChI is InChI=1S/C23H27ClN4O2/c1-14-12-21(30-13-20(29)25-17-8-5-4-6-9-17)26-23-22(14)16(3)27-28(23)19-11-7-10-18(24)15(19)2/h7,10-12,17H,4-6,8-9,13H2,1-3H3,(H,25,29). The Morgan fingerprint density at radius 1 is 1.23 bits per heavy atom. The molecule has 1 N–H and O–H groups in total. The molecule has 2 heterocycles. The zero-order valence-corrected chi connectivity index (χ0v) is 18.4. The van der Waals surface area contributed by atoms with Gasteiger partial charge in [-0.15, -0.1) is 0 Å². The molecule has 7 heteroatoms. The number of amides is 1. The summed E-state index contributed by atoms with van der Waals surface area (Å²) in [5, 5.41) is 9.43. The van der Waals surface area contributed by atoms with Gasteiger partial charge >= 0.3 is 0 Å². The minimum atomic E-state index is -0.100. The maximum atomic E-state index is 12.3. The average Bonchev–Trinajstić information content (AvgIpc) is 3.06. The summed E-state index contributed by atoms with van der Waals surface area (Å²) in [5.41, 5.74) is 4.39. The van der Waals surface area contributed by atoms with E-state index in [2.05, 4.69) is 10.3 Å². The Hall–Kier alpha value is -2.60. The van der Waals surface area contributed by atoms with Crippen LogP contribution in [-0.4, -0.2) is 33.3 Å². The summed E-state index contributed by atoms with van der Waals surface area (Å²) in [4.78, 5) is 17.0. The van der Waals surface area contributed by atoms with E-state index in [1.807, 2.05) is 45.0 Å². The lowest BCUT2D eigenvalue weighted by atomic mass is 9.95. The highest BCUT2D eigenvalue weighted by molar-refractivity contribution is 6.31. The molecule has 0 radical (unpaired) electrons. The molecular weight excluding hydrogens is 400 g/mol. The molecule has 0 aliphatic heterocycles. The normalized spacial score (nSPS) is 14.8. The lowest BCUT2D eigenvalue weighted by molar-refractivity contribution is -0.124. The van der Waals surface area contributed by atoms with Crippen molar-refractivity contribution in [3.05, 3.63) is 46.1 Å². The van der Waals surface area contributed by atoms with Gasteiger partial charge in [0.2, 0.25) is 5.88 Å². The number of carbonyl (C=O) groups is 1. The molecule has 1 amide bonds. The Bertz CT molecular complexity index is 1090. The SMILES string of the molecule is Cc1c(Cl)cccc1-n1nc(C)c2c(C)cc(OCC(=O)NC3CCCCC3)nc21. The summed E-state index contributed by atoms with van der Waals surface area (Å²) < 4.78 is 7.56. The summed E-state index contributed by atoms with van der Waals surface area (Å²) in [6.45, 7) is 5.88. The number of nitrogens with one attached hydrogen (secondary N) is 1. The molecule has 0 unspecified atom stereocenters. The lowest BCUT2D eigenvalue weighted by Crippen LogP contribution is -2.39. The van der Waals surface area contributed by atoms with Gasteiger partial charge in [0, 0.05) is 22.5 Å². The number of hydrogen-bond donors (Lipinski definition) is 1. The molecule has 1 aliphatic carbocycles. The maximum Gasteiger partial charge on any atom is 0.258 e. The summed E-state index contributed by atoms with van der Waals surface area (Å²) in [5.74, 6) is 0.316. The van der Waals surface area contributed by atoms with E-state index < -0.39 is 0 Å². The molecule has 1 aromatic carbocycles. The number of ether oxygens (including phenoxy) is 1. The van der Waals surface area contributed by atoms with Crippen LogP contribution in [0.2, 0.25) is 5.02 Å². The van der Waals surface area contributed by atoms with E-state index in [9.17, 15) is 4.79 Å². The Morgan fingerprint density at radius 2 is 2.00 bits per heavy atom. The van der Waals surface area contributed by atoms with Crippen molar-refractivity contribution in [2.24, 2.45) is 0 Å². The fourth-order valence-corrected chi connectivity index (χ4v) is 4.37. The second kappa shape index (κ2) is 8.64. The second-order valence-corrected chi connectivity index (χ2v) is 8.46. The number of halogens is 1. The Morgan fingerprint density at radius 3 is 2.77 bits per heavy atom. The largest absolute Gasteiger partial charge is 0.468 e. The third-order valence-electron chi connectivity index (χ3n) is 5.78. The molecule has 0 bridgehead atoms. The average molecular weight is 427 g/mol. The highest BCUT2D eigenvalue weighted by atomic mass is 35.5. The van der Waals surface area contributed by atoms with Gasteiger partial charge in [-0.05, 0) is 56.9 Å². The molecule has 1 saturated carbocycles. The first-order chi connectivity index (χ1) is 14.4. The number of nitrogens with zero attached hydrogens (tertiary/aromatic N) is 3. The van der Waals surface area contributed by atoms with Crippen LogP contribution in [0.5, 0.6) is 5.88 Å². The van der Waals surface area contributed by atoms with Gasteiger partial charge in [-0.25, -0.2) is 4.68 Å². The molecule has 1 fully saturated rings. The first-order valence-corrected chi connectivity index (χ1v) is 10.9. The van der Waals surface area contributed by atoms with Crippen molar-refractivity contribution in [1.29, 1.82) is 0 Å². The van der Waals surface area contributed by atoms with Crippen LogP contribution in [0.1, 0.15) is 48.9 Å². The van der Waals surface area contributed by atoms with Crippen molar-refractivity contribution in [2.45, 2.75) is 58.9 Å². The van der Waals surface area contributed by atoms with Crippen LogP contribution in [0.4, 0.5) is 0 Å². The molecular formula is C23H27ClN4O2. The van der Waals surface area contributed by atoms with Gasteiger partial charge in [-0.1, -0.05) is 36.9 Å². The predicted octanol–water partition coefficient (Wildman–Crippen LogP) is 4.83. The Kier molecular flexibility index (Phi) is 5.95. The Labute approximate surface area is 181 Å². The molecule has 0 spiro atoms. The van der Waals surface area contributed by atoms with E-state index in [-0.39, 0.29) is 18.6 Å². The van der Waals surface area contributed by atoms with Crippen LogP contribution < -0.4 is 10.1 Å². The molecule has 1 aliphatic rings. The van der Waals surface area contributed by atoms with Crippen molar-refractivity contribution in [3.8, 4) is 11.6 Å². The number of pyridine rings is 1. The number of hydrogen-bond acceptors (Lipinski definition) is 4. The van der Waals surface area contributed by atoms with Crippen molar-refractivity contribution in [2.75, 3.05) is 6.61 Å². The zero-order valence-electron chi connectivity index (χ0n) is 17.7. The van der Waals surface area contributed by atoms with Gasteiger partial charge in [0.1, 0.15) is 0 Å². The highest BCUT2D eigenvalue weighted by Crippen LogP contribution is 2.29. The quantitative estimate of drug-likeness (QED) is 0.634. The molecule has 0 saturated heterocycles. The number of benzene rings is 1. The monoisotopic (exact) mass is 426 g/mol. The first-order valence-electron chi connectivity index (χ1n) is 10.5. The molecule has 3 aromatic rings. The van der Waals surface area contributed by atoms with E-state index in [0.29, 0.717) is 16.5 Å². The maximum absolute atomic E-state index is 12.3. The van der Waals surface area contributed by atoms with Gasteiger partial charge in [0.25, 0.3) is 5.91 Å². The molecule has 158 valence electrons. The summed E-state index contributed by atoms with van der Waals surface area (Å²) >= 11 is 6.32. The molecule has 6 nitrogen and oxygen atoms in total. The molecule has 4 rings (SSSR count). The fraction of sp³-hybridized carbons (Fsp3) is 0.435. The zero-order chi connectivity index (χ0) is 21.3. The number of rotatable bonds is 5. The number of aryl methyl sites for hydroxylation is 2. The fourth-order valence-electron chi connectivity index (χ4n) is 4.20. The summed E-state index contributed by atoms with van der Waals surface area (Å²) in [7, 11) is 0. The number of fused-ring (bicyclic) bond motifs is 1. The smallest absolute Gasteiger partial charge is 0.258 e. The third-order valence-corrected chi connectivity index (χ3v) is 6.18. The predicted molar refractivity (Wildman–Crippen MR) is 119 cm³/mol. The molecule has 30 heavy (non-hydrogen) atoms. The molecule has 2 aromatic heterocycles. The van der Waals surface area contributed by atoms with Gasteiger partial charge in [0.05, 0.1) is 11.4 Å². The first kappa shape index (κ1) is 20.7. The highest BCUT2D eigenvalue weighted by Gasteiger charge is 2.18. The van der Waals surface area contributed by atoms with Crippen molar-refractivity contribution in [1.82, 2.24) is 20.1 Å². The van der Waals surface area contributed by atoms with Gasteiger partial charge in [-0.2, -0.15) is 10.1 Å². The van der Waals surface area contributed by atoms with Gasteiger partial charge in [-0.3, -0.25) is 4.79 Å². The second-order valence-electron chi connectivity index (χ2n) is 8.05. The van der Waals surface area contributed by atoms with Gasteiger partial charge < -0.3 is 10.1 Å². The number of carbonyl (C=O) groups excluding carboxylic acids is 1. The van der Waals surface area contributed by atoms with Crippen molar-refractivity contribution >= 4 is 28.5 Å². The van der Waals surface area contributed by atoms with E-state index in [4.69, 9.17) is 21.4 Å². The van der Waals surface area contributed by atoms with E-state index >= 15 is 0 Å². The third kappa shape index (κ3) is 4.15. The van der Waals surface area contributed by atoms with Crippen LogP contribution in [0.15, 0.2) is 24.3 Å². The van der Waals surface area contributed by atoms with Crippen LogP contribution in [-0.2, 0) is 4.79 Å². The minimum absolute atomic E-state index is 0.0439. The number of aromatic nitrogens is 3. The van der Waals surface area contributed by atoms with Crippen LogP contribution >= 0.6 is 11.6 Å². The van der Waals surface area contributed by atoms with Crippen molar-refractivity contribution in [3.63, 3.8) is 0 Å². The van der Waals surface area contributed by atoms with Crippen LogP contribution in [0.25, 0.3) is 16.7 Å². The van der Waals surface area contributed by atoms with Crippen LogP contribution in [0.3, 0.4) is 0 Å².